The van der Waals surface area contributed by atoms with Crippen molar-refractivity contribution in [1.29, 1.82) is 0 Å². The molecule has 0 spiro atoms. The number of benzene rings is 1. The Hall–Kier alpha value is -0.600. The first-order valence-electron chi connectivity index (χ1n) is 9.59. The van der Waals surface area contributed by atoms with Crippen LogP contribution in [0.5, 0.6) is 0 Å². The molecule has 1 nitrogen and oxygen atoms in total. The highest BCUT2D eigenvalue weighted by molar-refractivity contribution is 6.31. The van der Waals surface area contributed by atoms with Gasteiger partial charge < -0.3 is 4.74 Å². The van der Waals surface area contributed by atoms with Crippen molar-refractivity contribution in [2.24, 2.45) is 17.8 Å². The molecule has 0 saturated heterocycles. The van der Waals surface area contributed by atoms with E-state index >= 15 is 0 Å². The van der Waals surface area contributed by atoms with Gasteiger partial charge in [-0.25, -0.2) is 4.39 Å². The summed E-state index contributed by atoms with van der Waals surface area (Å²) in [5, 5.41) is 0.222. The van der Waals surface area contributed by atoms with Crippen molar-refractivity contribution in [1.82, 2.24) is 0 Å². The molecular formula is C21H30ClFO. The molecule has 2 fully saturated rings. The van der Waals surface area contributed by atoms with Crippen LogP contribution in [0.15, 0.2) is 12.1 Å². The fourth-order valence-corrected chi connectivity index (χ4v) is 4.76. The van der Waals surface area contributed by atoms with Crippen LogP contribution in [0.3, 0.4) is 0 Å². The van der Waals surface area contributed by atoms with Crippen LogP contribution in [0.2, 0.25) is 5.02 Å². The SMILES string of the molecule is Cc1ccc(COC2CCC(C3CCC(C)CC3)CC2)c(Cl)c1F. The van der Waals surface area contributed by atoms with E-state index in [2.05, 4.69) is 6.92 Å². The van der Waals surface area contributed by atoms with E-state index in [1.54, 1.807) is 13.0 Å². The van der Waals surface area contributed by atoms with Crippen LogP contribution in [0.1, 0.15) is 69.4 Å². The molecule has 3 heteroatoms. The minimum atomic E-state index is -0.312. The van der Waals surface area contributed by atoms with Crippen LogP contribution in [0, 0.1) is 30.5 Å². The Morgan fingerprint density at radius 3 is 2.21 bits per heavy atom. The molecule has 0 N–H and O–H groups in total. The van der Waals surface area contributed by atoms with Crippen molar-refractivity contribution in [3.63, 3.8) is 0 Å². The van der Waals surface area contributed by atoms with Gasteiger partial charge in [-0.1, -0.05) is 43.5 Å². The van der Waals surface area contributed by atoms with Gasteiger partial charge in [0.2, 0.25) is 0 Å². The van der Waals surface area contributed by atoms with Crippen molar-refractivity contribution in [3.05, 3.63) is 34.1 Å². The topological polar surface area (TPSA) is 9.23 Å². The molecule has 0 bridgehead atoms. The molecule has 0 unspecified atom stereocenters. The second kappa shape index (κ2) is 8.19. The summed E-state index contributed by atoms with van der Waals surface area (Å²) in [4.78, 5) is 0. The third kappa shape index (κ3) is 4.32. The predicted molar refractivity (Wildman–Crippen MR) is 97.8 cm³/mol. The van der Waals surface area contributed by atoms with Gasteiger partial charge in [0.1, 0.15) is 5.82 Å². The van der Waals surface area contributed by atoms with Gasteiger partial charge in [-0.15, -0.1) is 0 Å². The first-order valence-corrected chi connectivity index (χ1v) is 9.97. The summed E-state index contributed by atoms with van der Waals surface area (Å²) in [7, 11) is 0. The van der Waals surface area contributed by atoms with Crippen LogP contribution < -0.4 is 0 Å². The van der Waals surface area contributed by atoms with Gasteiger partial charge >= 0.3 is 0 Å². The lowest BCUT2D eigenvalue weighted by atomic mass is 9.71. The summed E-state index contributed by atoms with van der Waals surface area (Å²) in [5.74, 6) is 2.47. The first kappa shape index (κ1) is 18.2. The van der Waals surface area contributed by atoms with Gasteiger partial charge in [-0.3, -0.25) is 0 Å². The molecule has 0 atom stereocenters. The molecule has 2 saturated carbocycles. The Kier molecular flexibility index (Phi) is 6.21. The van der Waals surface area contributed by atoms with Crippen molar-refractivity contribution < 1.29 is 9.13 Å². The van der Waals surface area contributed by atoms with Gasteiger partial charge in [0, 0.05) is 0 Å². The Balaban J connectivity index is 1.45. The highest BCUT2D eigenvalue weighted by Crippen LogP contribution is 2.40. The third-order valence-corrected chi connectivity index (χ3v) is 6.68. The molecule has 0 radical (unpaired) electrons. The molecule has 134 valence electrons. The second-order valence-corrected chi connectivity index (χ2v) is 8.42. The third-order valence-electron chi connectivity index (χ3n) is 6.28. The number of hydrogen-bond donors (Lipinski definition) is 0. The van der Waals surface area contributed by atoms with E-state index in [1.165, 1.54) is 38.5 Å². The molecule has 3 rings (SSSR count). The van der Waals surface area contributed by atoms with Gasteiger partial charge in [0.15, 0.2) is 0 Å². The highest BCUT2D eigenvalue weighted by atomic mass is 35.5. The normalized spacial score (nSPS) is 31.2. The maximum atomic E-state index is 13.9. The largest absolute Gasteiger partial charge is 0.373 e. The van der Waals surface area contributed by atoms with Crippen molar-refractivity contribution in [2.45, 2.75) is 77.9 Å². The summed E-state index contributed by atoms with van der Waals surface area (Å²) in [6.07, 6.45) is 10.9. The fraction of sp³-hybridized carbons (Fsp3) is 0.714. The predicted octanol–water partition coefficient (Wildman–Crippen LogP) is 6.69. The lowest BCUT2D eigenvalue weighted by Crippen LogP contribution is -2.28. The summed E-state index contributed by atoms with van der Waals surface area (Å²) in [6.45, 7) is 4.55. The quantitative estimate of drug-likeness (QED) is 0.586. The standard InChI is InChI=1S/C21H30ClFO/c1-14-3-6-16(7-4-14)17-9-11-19(12-10-17)24-13-18-8-5-15(2)21(23)20(18)22/h5,8,14,16-17,19H,3-4,6-7,9-13H2,1-2H3. The number of aryl methyl sites for hydroxylation is 1. The van der Waals surface area contributed by atoms with E-state index in [0.717, 1.165) is 36.2 Å². The van der Waals surface area contributed by atoms with Crippen LogP contribution in [0.25, 0.3) is 0 Å². The zero-order valence-corrected chi connectivity index (χ0v) is 15.7. The van der Waals surface area contributed by atoms with E-state index in [4.69, 9.17) is 16.3 Å². The number of ether oxygens (including phenoxy) is 1. The molecule has 0 heterocycles. The van der Waals surface area contributed by atoms with Crippen LogP contribution in [-0.4, -0.2) is 6.10 Å². The second-order valence-electron chi connectivity index (χ2n) is 8.04. The molecule has 0 amide bonds. The zero-order valence-electron chi connectivity index (χ0n) is 15.0. The van der Waals surface area contributed by atoms with E-state index in [1.807, 2.05) is 6.07 Å². The maximum absolute atomic E-state index is 13.9. The van der Waals surface area contributed by atoms with Gasteiger partial charge in [-0.05, 0) is 74.3 Å². The molecule has 2 aliphatic carbocycles. The zero-order chi connectivity index (χ0) is 17.1. The lowest BCUT2D eigenvalue weighted by molar-refractivity contribution is -0.00259. The Morgan fingerprint density at radius 1 is 1.00 bits per heavy atom. The van der Waals surface area contributed by atoms with Crippen LogP contribution in [0.4, 0.5) is 4.39 Å². The smallest absolute Gasteiger partial charge is 0.145 e. The molecule has 1 aromatic rings. The average molecular weight is 353 g/mol. The molecule has 0 aliphatic heterocycles. The van der Waals surface area contributed by atoms with Crippen molar-refractivity contribution in [3.8, 4) is 0 Å². The number of hydrogen-bond acceptors (Lipinski definition) is 1. The highest BCUT2D eigenvalue weighted by Gasteiger charge is 2.30. The minimum absolute atomic E-state index is 0.222. The van der Waals surface area contributed by atoms with E-state index in [-0.39, 0.29) is 10.8 Å². The molecule has 1 aromatic carbocycles. The number of halogens is 2. The molecular weight excluding hydrogens is 323 g/mol. The van der Waals surface area contributed by atoms with E-state index in [9.17, 15) is 4.39 Å². The monoisotopic (exact) mass is 352 g/mol. The Bertz CT molecular complexity index is 543. The average Bonchev–Trinajstić information content (AvgIpc) is 2.60. The van der Waals surface area contributed by atoms with E-state index < -0.39 is 0 Å². The Morgan fingerprint density at radius 2 is 1.58 bits per heavy atom. The van der Waals surface area contributed by atoms with Gasteiger partial charge in [-0.2, -0.15) is 0 Å². The summed E-state index contributed by atoms with van der Waals surface area (Å²) in [6, 6.07) is 3.66. The van der Waals surface area contributed by atoms with Crippen molar-refractivity contribution in [2.75, 3.05) is 0 Å². The van der Waals surface area contributed by atoms with Crippen molar-refractivity contribution >= 4 is 11.6 Å². The summed E-state index contributed by atoms with van der Waals surface area (Å²) in [5.41, 5.74) is 1.36. The van der Waals surface area contributed by atoms with Crippen LogP contribution >= 0.6 is 11.6 Å². The molecule has 24 heavy (non-hydrogen) atoms. The first-order chi connectivity index (χ1) is 11.5. The van der Waals surface area contributed by atoms with Crippen LogP contribution in [-0.2, 0) is 11.3 Å². The minimum Gasteiger partial charge on any atom is -0.373 e. The van der Waals surface area contributed by atoms with E-state index in [0.29, 0.717) is 18.3 Å². The summed E-state index contributed by atoms with van der Waals surface area (Å²) >= 11 is 6.10. The van der Waals surface area contributed by atoms with Gasteiger partial charge in [0.25, 0.3) is 0 Å². The summed E-state index contributed by atoms with van der Waals surface area (Å²) < 4.78 is 19.9. The number of rotatable bonds is 4. The fourth-order valence-electron chi connectivity index (χ4n) is 4.49. The van der Waals surface area contributed by atoms with Gasteiger partial charge in [0.05, 0.1) is 17.7 Å². The lowest BCUT2D eigenvalue weighted by Gasteiger charge is -2.37. The Labute approximate surface area is 150 Å². The maximum Gasteiger partial charge on any atom is 0.145 e. The molecule has 0 aromatic heterocycles. The molecule has 2 aliphatic rings.